The fourth-order valence-corrected chi connectivity index (χ4v) is 1.44. The molecule has 2 heterocycles. The Kier molecular flexibility index (Phi) is 2.07. The van der Waals surface area contributed by atoms with Crippen LogP contribution in [0.2, 0.25) is 0 Å². The zero-order valence-electron chi connectivity index (χ0n) is 7.41. The van der Waals surface area contributed by atoms with Crippen molar-refractivity contribution in [2.45, 2.75) is 19.8 Å². The van der Waals surface area contributed by atoms with Crippen molar-refractivity contribution in [3.8, 4) is 0 Å². The van der Waals surface area contributed by atoms with Gasteiger partial charge in [-0.1, -0.05) is 13.8 Å². The first kappa shape index (κ1) is 8.69. The number of oxazole rings is 1. The first-order valence-electron chi connectivity index (χ1n) is 4.09. The van der Waals surface area contributed by atoms with E-state index in [0.29, 0.717) is 11.6 Å². The van der Waals surface area contributed by atoms with E-state index in [1.165, 1.54) is 0 Å². The molecule has 68 valence electrons. The quantitative estimate of drug-likeness (QED) is 0.769. The second-order valence-electron chi connectivity index (χ2n) is 3.15. The Bertz CT molecular complexity index is 436. The standard InChI is InChI=1S/C9H9BrN2O/c1-5(2)9-12-8-7(13-9)6(10)3-4-11-8/h3-5H,1-2H3. The summed E-state index contributed by atoms with van der Waals surface area (Å²) in [5.74, 6) is 1.02. The van der Waals surface area contributed by atoms with E-state index in [9.17, 15) is 0 Å². The monoisotopic (exact) mass is 240 g/mol. The molecule has 0 saturated carbocycles. The van der Waals surface area contributed by atoms with Crippen molar-refractivity contribution in [1.29, 1.82) is 0 Å². The SMILES string of the molecule is CC(C)c1nc2nccc(Br)c2o1. The third-order valence-electron chi connectivity index (χ3n) is 1.75. The van der Waals surface area contributed by atoms with Gasteiger partial charge in [-0.15, -0.1) is 0 Å². The predicted molar refractivity (Wildman–Crippen MR) is 53.6 cm³/mol. The lowest BCUT2D eigenvalue weighted by Crippen LogP contribution is -1.85. The summed E-state index contributed by atoms with van der Waals surface area (Å²) in [5.41, 5.74) is 1.39. The highest BCUT2D eigenvalue weighted by Gasteiger charge is 2.11. The van der Waals surface area contributed by atoms with Crippen LogP contribution in [0.4, 0.5) is 0 Å². The number of nitrogens with zero attached hydrogens (tertiary/aromatic N) is 2. The van der Waals surface area contributed by atoms with Crippen LogP contribution in [0.5, 0.6) is 0 Å². The van der Waals surface area contributed by atoms with E-state index in [1.807, 2.05) is 19.9 Å². The molecule has 2 aromatic heterocycles. The molecule has 0 spiro atoms. The largest absolute Gasteiger partial charge is 0.437 e. The molecule has 0 unspecified atom stereocenters. The molecule has 0 aliphatic heterocycles. The topological polar surface area (TPSA) is 38.9 Å². The summed E-state index contributed by atoms with van der Waals surface area (Å²) in [6.07, 6.45) is 1.71. The molecule has 0 aliphatic carbocycles. The van der Waals surface area contributed by atoms with Gasteiger partial charge in [-0.2, -0.15) is 4.98 Å². The Hall–Kier alpha value is -0.900. The molecule has 2 rings (SSSR count). The fourth-order valence-electron chi connectivity index (χ4n) is 1.07. The maximum absolute atomic E-state index is 5.54. The van der Waals surface area contributed by atoms with E-state index in [2.05, 4.69) is 25.9 Å². The molecular weight excluding hydrogens is 232 g/mol. The Labute approximate surface area is 84.3 Å². The number of aromatic nitrogens is 2. The molecule has 0 saturated heterocycles. The van der Waals surface area contributed by atoms with Crippen LogP contribution in [0.1, 0.15) is 25.7 Å². The summed E-state index contributed by atoms with van der Waals surface area (Å²) in [4.78, 5) is 8.38. The highest BCUT2D eigenvalue weighted by molar-refractivity contribution is 9.10. The highest BCUT2D eigenvalue weighted by atomic mass is 79.9. The van der Waals surface area contributed by atoms with Crippen LogP contribution in [0, 0.1) is 0 Å². The predicted octanol–water partition coefficient (Wildman–Crippen LogP) is 3.11. The fraction of sp³-hybridized carbons (Fsp3) is 0.333. The number of halogens is 1. The zero-order chi connectivity index (χ0) is 9.42. The van der Waals surface area contributed by atoms with Gasteiger partial charge in [-0.3, -0.25) is 0 Å². The first-order chi connectivity index (χ1) is 6.18. The second kappa shape index (κ2) is 3.10. The molecule has 4 heteroatoms. The van der Waals surface area contributed by atoms with Gasteiger partial charge in [-0.25, -0.2) is 4.98 Å². The Morgan fingerprint density at radius 3 is 2.85 bits per heavy atom. The van der Waals surface area contributed by atoms with Crippen molar-refractivity contribution >= 4 is 27.2 Å². The van der Waals surface area contributed by atoms with E-state index < -0.39 is 0 Å². The maximum atomic E-state index is 5.54. The molecule has 0 fully saturated rings. The van der Waals surface area contributed by atoms with Crippen molar-refractivity contribution < 1.29 is 4.42 Å². The minimum atomic E-state index is 0.293. The average Bonchev–Trinajstić information content (AvgIpc) is 2.49. The molecule has 0 N–H and O–H groups in total. The normalized spacial score (nSPS) is 11.4. The smallest absolute Gasteiger partial charge is 0.199 e. The number of rotatable bonds is 1. The molecule has 2 aromatic rings. The summed E-state index contributed by atoms with van der Waals surface area (Å²) in [7, 11) is 0. The van der Waals surface area contributed by atoms with E-state index in [1.54, 1.807) is 6.20 Å². The van der Waals surface area contributed by atoms with Gasteiger partial charge in [0.2, 0.25) is 0 Å². The van der Waals surface area contributed by atoms with Gasteiger partial charge in [0.1, 0.15) is 0 Å². The summed E-state index contributed by atoms with van der Waals surface area (Å²) < 4.78 is 6.44. The lowest BCUT2D eigenvalue weighted by atomic mass is 10.2. The highest BCUT2D eigenvalue weighted by Crippen LogP contribution is 2.25. The molecule has 0 bridgehead atoms. The van der Waals surface area contributed by atoms with Gasteiger partial charge in [0.25, 0.3) is 0 Å². The number of fused-ring (bicyclic) bond motifs is 1. The molecule has 0 atom stereocenters. The summed E-state index contributed by atoms with van der Waals surface area (Å²) in [6, 6.07) is 1.84. The van der Waals surface area contributed by atoms with Crippen molar-refractivity contribution in [3.05, 3.63) is 22.6 Å². The van der Waals surface area contributed by atoms with Gasteiger partial charge in [0.05, 0.1) is 4.47 Å². The number of hydrogen-bond donors (Lipinski definition) is 0. The molecule has 13 heavy (non-hydrogen) atoms. The van der Waals surface area contributed by atoms with Crippen LogP contribution in [0.25, 0.3) is 11.2 Å². The van der Waals surface area contributed by atoms with Crippen LogP contribution in [-0.2, 0) is 0 Å². The summed E-state index contributed by atoms with van der Waals surface area (Å²) in [6.45, 7) is 4.08. The van der Waals surface area contributed by atoms with E-state index in [4.69, 9.17) is 4.42 Å². The molecule has 0 amide bonds. The van der Waals surface area contributed by atoms with Crippen LogP contribution < -0.4 is 0 Å². The third-order valence-corrected chi connectivity index (χ3v) is 2.38. The molecule has 0 aliphatic rings. The molecule has 0 radical (unpaired) electrons. The lowest BCUT2D eigenvalue weighted by molar-refractivity contribution is 0.500. The number of pyridine rings is 1. The lowest BCUT2D eigenvalue weighted by Gasteiger charge is -1.93. The van der Waals surface area contributed by atoms with Gasteiger partial charge >= 0.3 is 0 Å². The number of hydrogen-bond acceptors (Lipinski definition) is 3. The van der Waals surface area contributed by atoms with Crippen LogP contribution in [0.15, 0.2) is 21.2 Å². The molecule has 3 nitrogen and oxygen atoms in total. The average molecular weight is 241 g/mol. The maximum Gasteiger partial charge on any atom is 0.199 e. The van der Waals surface area contributed by atoms with Crippen LogP contribution in [-0.4, -0.2) is 9.97 Å². The van der Waals surface area contributed by atoms with Gasteiger partial charge in [0, 0.05) is 12.1 Å². The van der Waals surface area contributed by atoms with Crippen molar-refractivity contribution in [2.75, 3.05) is 0 Å². The second-order valence-corrected chi connectivity index (χ2v) is 4.01. The van der Waals surface area contributed by atoms with Crippen molar-refractivity contribution in [1.82, 2.24) is 9.97 Å². The van der Waals surface area contributed by atoms with Crippen LogP contribution >= 0.6 is 15.9 Å². The van der Waals surface area contributed by atoms with E-state index >= 15 is 0 Å². The minimum absolute atomic E-state index is 0.293. The first-order valence-corrected chi connectivity index (χ1v) is 4.88. The Balaban J connectivity index is 2.68. The van der Waals surface area contributed by atoms with E-state index in [0.717, 1.165) is 15.9 Å². The minimum Gasteiger partial charge on any atom is -0.437 e. The van der Waals surface area contributed by atoms with Gasteiger partial charge in [-0.05, 0) is 22.0 Å². The summed E-state index contributed by atoms with van der Waals surface area (Å²) in [5, 5.41) is 0. The summed E-state index contributed by atoms with van der Waals surface area (Å²) >= 11 is 3.39. The Morgan fingerprint density at radius 1 is 1.46 bits per heavy atom. The van der Waals surface area contributed by atoms with Crippen molar-refractivity contribution in [3.63, 3.8) is 0 Å². The van der Waals surface area contributed by atoms with E-state index in [-0.39, 0.29) is 0 Å². The van der Waals surface area contributed by atoms with Crippen molar-refractivity contribution in [2.24, 2.45) is 0 Å². The zero-order valence-corrected chi connectivity index (χ0v) is 9.00. The molecular formula is C9H9BrN2O. The van der Waals surface area contributed by atoms with Crippen LogP contribution in [0.3, 0.4) is 0 Å². The third kappa shape index (κ3) is 1.46. The van der Waals surface area contributed by atoms with Gasteiger partial charge in [0.15, 0.2) is 17.1 Å². The Morgan fingerprint density at radius 2 is 2.23 bits per heavy atom. The van der Waals surface area contributed by atoms with Gasteiger partial charge < -0.3 is 4.42 Å². The molecule has 0 aromatic carbocycles.